The lowest BCUT2D eigenvalue weighted by Gasteiger charge is -2.29. The number of ether oxygens (including phenoxy) is 2. The average molecular weight is 297 g/mol. The molecule has 5 nitrogen and oxygen atoms in total. The minimum Gasteiger partial charge on any atom is -0.469 e. The molecule has 0 unspecified atom stereocenters. The van der Waals surface area contributed by atoms with Crippen LogP contribution >= 0.6 is 0 Å². The number of rotatable bonds is 6. The first kappa shape index (κ1) is 19.2. The lowest BCUT2D eigenvalue weighted by Crippen LogP contribution is -2.41. The molecular formula is C16H27NO4. The Morgan fingerprint density at radius 3 is 2.05 bits per heavy atom. The van der Waals surface area contributed by atoms with Crippen molar-refractivity contribution in [1.82, 2.24) is 4.90 Å². The van der Waals surface area contributed by atoms with Gasteiger partial charge < -0.3 is 14.4 Å². The van der Waals surface area contributed by atoms with Crippen molar-refractivity contribution in [2.45, 2.75) is 60.0 Å². The summed E-state index contributed by atoms with van der Waals surface area (Å²) in [7, 11) is 1.33. The van der Waals surface area contributed by atoms with Crippen LogP contribution in [0.3, 0.4) is 0 Å². The normalized spacial score (nSPS) is 12.6. The molecule has 0 saturated heterocycles. The molecule has 0 radical (unpaired) electrons. The predicted molar refractivity (Wildman–Crippen MR) is 82.7 cm³/mol. The third kappa shape index (κ3) is 6.47. The van der Waals surface area contributed by atoms with Crippen LogP contribution in [0, 0.1) is 0 Å². The van der Waals surface area contributed by atoms with Crippen LogP contribution in [0.1, 0.15) is 48.0 Å². The Morgan fingerprint density at radius 1 is 1.14 bits per heavy atom. The minimum absolute atomic E-state index is 0.0396. The van der Waals surface area contributed by atoms with Crippen LogP contribution in [-0.4, -0.2) is 36.2 Å². The third-order valence-electron chi connectivity index (χ3n) is 3.13. The van der Waals surface area contributed by atoms with Crippen molar-refractivity contribution in [2.75, 3.05) is 7.11 Å². The highest BCUT2D eigenvalue weighted by Gasteiger charge is 2.21. The molecule has 0 aliphatic carbocycles. The number of hydrogen-bond donors (Lipinski definition) is 0. The van der Waals surface area contributed by atoms with E-state index in [1.54, 1.807) is 4.90 Å². The molecule has 0 atom stereocenters. The summed E-state index contributed by atoms with van der Waals surface area (Å²) in [4.78, 5) is 25.2. The van der Waals surface area contributed by atoms with Crippen LogP contribution in [0.2, 0.25) is 0 Å². The number of nitrogens with zero attached hydrogens (tertiary/aromatic N) is 1. The van der Waals surface area contributed by atoms with Crippen LogP contribution in [-0.2, 0) is 14.3 Å². The van der Waals surface area contributed by atoms with Crippen molar-refractivity contribution in [3.05, 3.63) is 23.5 Å². The highest BCUT2D eigenvalue weighted by atomic mass is 16.5. The Kier molecular flexibility index (Phi) is 8.43. The topological polar surface area (TPSA) is 55.8 Å². The predicted octanol–water partition coefficient (Wildman–Crippen LogP) is 3.66. The van der Waals surface area contributed by atoms with E-state index in [4.69, 9.17) is 4.74 Å². The summed E-state index contributed by atoms with van der Waals surface area (Å²) < 4.78 is 9.88. The number of hydrogen-bond acceptors (Lipinski definition) is 4. The second-order valence-electron chi connectivity index (χ2n) is 5.35. The summed E-state index contributed by atoms with van der Waals surface area (Å²) >= 11 is 0. The van der Waals surface area contributed by atoms with Gasteiger partial charge in [0.1, 0.15) is 6.26 Å². The van der Waals surface area contributed by atoms with Gasteiger partial charge in [0.15, 0.2) is 0 Å². The molecule has 0 saturated carbocycles. The van der Waals surface area contributed by atoms with Gasteiger partial charge in [0, 0.05) is 17.7 Å². The Labute approximate surface area is 127 Å². The second kappa shape index (κ2) is 9.21. The summed E-state index contributed by atoms with van der Waals surface area (Å²) in [5.41, 5.74) is 1.50. The summed E-state index contributed by atoms with van der Waals surface area (Å²) in [5, 5.41) is 0. The Bertz CT molecular complexity index is 414. The standard InChI is InChI=1S/C16H27NO4/c1-8-13(6)14(9-15(18)20-7)10-21-16(19)17(11(2)3)12(4)5/h8,10-12H,9H2,1-7H3/b13-8+,14-10+. The number of esters is 1. The Morgan fingerprint density at radius 2 is 1.67 bits per heavy atom. The molecule has 0 heterocycles. The van der Waals surface area contributed by atoms with Gasteiger partial charge in [0.2, 0.25) is 0 Å². The van der Waals surface area contributed by atoms with Crippen LogP contribution in [0.5, 0.6) is 0 Å². The molecule has 0 aliphatic heterocycles. The van der Waals surface area contributed by atoms with E-state index in [1.807, 2.05) is 47.6 Å². The van der Waals surface area contributed by atoms with E-state index in [2.05, 4.69) is 4.74 Å². The van der Waals surface area contributed by atoms with E-state index in [9.17, 15) is 9.59 Å². The SMILES string of the molecule is C/C=C(C)/C(=C/OC(=O)N(C(C)C)C(C)C)CC(=O)OC. The zero-order valence-electron chi connectivity index (χ0n) is 14.1. The first-order valence-corrected chi connectivity index (χ1v) is 7.12. The largest absolute Gasteiger partial charge is 0.469 e. The van der Waals surface area contributed by atoms with Crippen molar-refractivity contribution in [2.24, 2.45) is 0 Å². The Balaban J connectivity index is 5.06. The molecule has 21 heavy (non-hydrogen) atoms. The van der Waals surface area contributed by atoms with Crippen molar-refractivity contribution in [3.63, 3.8) is 0 Å². The summed E-state index contributed by atoms with van der Waals surface area (Å²) in [6.45, 7) is 11.4. The van der Waals surface area contributed by atoms with Crippen LogP contribution < -0.4 is 0 Å². The lowest BCUT2D eigenvalue weighted by molar-refractivity contribution is -0.139. The van der Waals surface area contributed by atoms with E-state index in [0.29, 0.717) is 5.57 Å². The van der Waals surface area contributed by atoms with Crippen molar-refractivity contribution in [1.29, 1.82) is 0 Å². The number of allylic oxidation sites excluding steroid dienone is 2. The van der Waals surface area contributed by atoms with Gasteiger partial charge in [-0.05, 0) is 47.1 Å². The molecule has 5 heteroatoms. The van der Waals surface area contributed by atoms with E-state index in [0.717, 1.165) is 5.57 Å². The zero-order valence-corrected chi connectivity index (χ0v) is 14.1. The first-order valence-electron chi connectivity index (χ1n) is 7.12. The quantitative estimate of drug-likeness (QED) is 0.426. The van der Waals surface area contributed by atoms with E-state index >= 15 is 0 Å². The molecule has 0 rings (SSSR count). The molecule has 1 amide bonds. The molecule has 0 aromatic carbocycles. The molecule has 0 spiro atoms. The van der Waals surface area contributed by atoms with Gasteiger partial charge in [-0.25, -0.2) is 4.79 Å². The van der Waals surface area contributed by atoms with Crippen LogP contribution in [0.4, 0.5) is 4.79 Å². The highest BCUT2D eigenvalue weighted by Crippen LogP contribution is 2.16. The van der Waals surface area contributed by atoms with E-state index < -0.39 is 6.09 Å². The van der Waals surface area contributed by atoms with Gasteiger partial charge in [0.25, 0.3) is 0 Å². The molecule has 0 fully saturated rings. The molecule has 120 valence electrons. The lowest BCUT2D eigenvalue weighted by atomic mass is 10.1. The number of amides is 1. The smallest absolute Gasteiger partial charge is 0.415 e. The zero-order chi connectivity index (χ0) is 16.6. The van der Waals surface area contributed by atoms with Crippen molar-refractivity contribution in [3.8, 4) is 0 Å². The summed E-state index contributed by atoms with van der Waals surface area (Å²) in [5.74, 6) is -0.372. The highest BCUT2D eigenvalue weighted by molar-refractivity contribution is 5.74. The number of carbonyl (C=O) groups excluding carboxylic acids is 2. The maximum atomic E-state index is 12.1. The molecule has 0 aromatic rings. The van der Waals surface area contributed by atoms with Crippen LogP contribution in [0.15, 0.2) is 23.5 Å². The molecular weight excluding hydrogens is 270 g/mol. The molecule has 0 bridgehead atoms. The van der Waals surface area contributed by atoms with E-state index in [1.165, 1.54) is 13.4 Å². The number of carbonyl (C=O) groups is 2. The fraction of sp³-hybridized carbons (Fsp3) is 0.625. The molecule has 0 aromatic heterocycles. The maximum absolute atomic E-state index is 12.1. The van der Waals surface area contributed by atoms with Gasteiger partial charge in [-0.1, -0.05) is 6.08 Å². The second-order valence-corrected chi connectivity index (χ2v) is 5.35. The molecule has 0 aliphatic rings. The average Bonchev–Trinajstić information content (AvgIpc) is 2.41. The monoisotopic (exact) mass is 297 g/mol. The van der Waals surface area contributed by atoms with Crippen molar-refractivity contribution < 1.29 is 19.1 Å². The van der Waals surface area contributed by atoms with E-state index in [-0.39, 0.29) is 24.5 Å². The third-order valence-corrected chi connectivity index (χ3v) is 3.13. The summed E-state index contributed by atoms with van der Waals surface area (Å²) in [6, 6.07) is 0.0792. The first-order chi connectivity index (χ1) is 9.74. The minimum atomic E-state index is -0.425. The van der Waals surface area contributed by atoms with Gasteiger partial charge in [-0.2, -0.15) is 0 Å². The Hall–Kier alpha value is -1.78. The van der Waals surface area contributed by atoms with Crippen LogP contribution in [0.25, 0.3) is 0 Å². The fourth-order valence-corrected chi connectivity index (χ4v) is 1.89. The van der Waals surface area contributed by atoms with Crippen molar-refractivity contribution >= 4 is 12.1 Å². The maximum Gasteiger partial charge on any atom is 0.415 e. The fourth-order valence-electron chi connectivity index (χ4n) is 1.89. The van der Waals surface area contributed by atoms with Gasteiger partial charge in [-0.15, -0.1) is 0 Å². The molecule has 0 N–H and O–H groups in total. The van der Waals surface area contributed by atoms with Gasteiger partial charge >= 0.3 is 12.1 Å². The number of methoxy groups -OCH3 is 1. The van der Waals surface area contributed by atoms with Gasteiger partial charge in [0.05, 0.1) is 13.5 Å². The van der Waals surface area contributed by atoms with Gasteiger partial charge in [-0.3, -0.25) is 4.79 Å². The summed E-state index contributed by atoms with van der Waals surface area (Å²) in [6.07, 6.45) is 2.84.